The molecule has 0 aromatic heterocycles. The van der Waals surface area contributed by atoms with Crippen molar-refractivity contribution in [2.45, 2.75) is 6.54 Å². The molecule has 1 heterocycles. The number of anilines is 1. The van der Waals surface area contributed by atoms with E-state index in [1.54, 1.807) is 24.3 Å². The lowest BCUT2D eigenvalue weighted by molar-refractivity contribution is 0.305. The molecule has 1 aliphatic heterocycles. The number of hydrogen-bond donors (Lipinski definition) is 3. The Morgan fingerprint density at radius 1 is 1.27 bits per heavy atom. The Balaban J connectivity index is 1.70. The van der Waals surface area contributed by atoms with Gasteiger partial charge in [0.15, 0.2) is 5.84 Å². The molecule has 0 aliphatic carbocycles. The van der Waals surface area contributed by atoms with Crippen molar-refractivity contribution in [3.8, 4) is 5.75 Å². The smallest absolute Gasteiger partial charge is 0.309 e. The summed E-state index contributed by atoms with van der Waals surface area (Å²) in [5.74, 6) is -0.103. The highest BCUT2D eigenvalue weighted by Crippen LogP contribution is 2.24. The van der Waals surface area contributed by atoms with E-state index in [0.29, 0.717) is 17.8 Å². The molecule has 0 fully saturated rings. The molecule has 114 valence electrons. The van der Waals surface area contributed by atoms with Crippen LogP contribution < -0.4 is 10.8 Å². The summed E-state index contributed by atoms with van der Waals surface area (Å²) in [4.78, 5) is 0. The van der Waals surface area contributed by atoms with Crippen molar-refractivity contribution in [1.82, 2.24) is 5.48 Å². The largest absolute Gasteiger partial charge is 0.507 e. The van der Waals surface area contributed by atoms with E-state index in [1.165, 1.54) is 18.2 Å². The Morgan fingerprint density at radius 3 is 2.68 bits per heavy atom. The van der Waals surface area contributed by atoms with Gasteiger partial charge in [-0.25, -0.2) is 14.1 Å². The molecule has 1 atom stereocenters. The summed E-state index contributed by atoms with van der Waals surface area (Å²) >= 11 is -1.78. The molecule has 3 N–H and O–H groups in total. The number of aromatic hydroxyl groups is 1. The third-order valence-corrected chi connectivity index (χ3v) is 3.60. The van der Waals surface area contributed by atoms with Gasteiger partial charge in [0.2, 0.25) is 0 Å². The molecule has 2 aromatic rings. The van der Waals surface area contributed by atoms with Crippen molar-refractivity contribution in [3.05, 3.63) is 59.4 Å². The standard InChI is InChI=1S/C14H12FN3O3S/c15-10-3-1-9(2-4-10)8-16-11-5-6-12(13(19)7-11)14-17-21-22(20)18-14/h1-7,16,19H,8H2,(H,17,18). The molecule has 1 unspecified atom stereocenters. The molecular weight excluding hydrogens is 309 g/mol. The Bertz CT molecular complexity index is 749. The van der Waals surface area contributed by atoms with Crippen LogP contribution in [0.4, 0.5) is 10.1 Å². The van der Waals surface area contributed by atoms with Crippen LogP contribution >= 0.6 is 0 Å². The monoisotopic (exact) mass is 321 g/mol. The lowest BCUT2D eigenvalue weighted by Gasteiger charge is -2.09. The summed E-state index contributed by atoms with van der Waals surface area (Å²) in [6.07, 6.45) is 0. The molecule has 0 saturated heterocycles. The summed E-state index contributed by atoms with van der Waals surface area (Å²) in [6, 6.07) is 11.0. The molecule has 0 saturated carbocycles. The van der Waals surface area contributed by atoms with Gasteiger partial charge in [-0.05, 0) is 29.8 Å². The van der Waals surface area contributed by atoms with Crippen LogP contribution in [-0.2, 0) is 22.1 Å². The van der Waals surface area contributed by atoms with Gasteiger partial charge in [-0.15, -0.1) is 4.40 Å². The second kappa shape index (κ2) is 6.12. The molecule has 1 aliphatic rings. The second-order valence-electron chi connectivity index (χ2n) is 4.55. The number of hydrogen-bond acceptors (Lipinski definition) is 5. The number of benzene rings is 2. The van der Waals surface area contributed by atoms with Crippen molar-refractivity contribution in [2.75, 3.05) is 5.32 Å². The Hall–Kier alpha value is -2.45. The van der Waals surface area contributed by atoms with Crippen LogP contribution in [0.25, 0.3) is 0 Å². The Labute approximate surface area is 128 Å². The number of amidine groups is 1. The van der Waals surface area contributed by atoms with Gasteiger partial charge in [-0.3, -0.25) is 0 Å². The summed E-state index contributed by atoms with van der Waals surface area (Å²) in [7, 11) is 0. The second-order valence-corrected chi connectivity index (χ2v) is 5.34. The minimum atomic E-state index is -1.78. The average molecular weight is 321 g/mol. The van der Waals surface area contributed by atoms with Crippen LogP contribution in [-0.4, -0.2) is 15.2 Å². The van der Waals surface area contributed by atoms with E-state index < -0.39 is 11.3 Å². The van der Waals surface area contributed by atoms with Gasteiger partial charge in [0, 0.05) is 18.3 Å². The number of phenolic OH excluding ortho intramolecular Hbond substituents is 1. The lowest BCUT2D eigenvalue weighted by atomic mass is 10.1. The fourth-order valence-corrected chi connectivity index (χ4v) is 2.41. The van der Waals surface area contributed by atoms with Gasteiger partial charge in [-0.1, -0.05) is 12.1 Å². The number of phenols is 1. The molecule has 6 nitrogen and oxygen atoms in total. The van der Waals surface area contributed by atoms with Crippen molar-refractivity contribution >= 4 is 22.8 Å². The molecule has 22 heavy (non-hydrogen) atoms. The fraction of sp³-hybridized carbons (Fsp3) is 0.0714. The number of hydroxylamine groups is 1. The quantitative estimate of drug-likeness (QED) is 0.802. The zero-order valence-electron chi connectivity index (χ0n) is 11.2. The molecule has 3 rings (SSSR count). The molecule has 8 heteroatoms. The SMILES string of the molecule is O=S1N=C(c2ccc(NCc3ccc(F)cc3)cc2O)NO1. The predicted molar refractivity (Wildman–Crippen MR) is 80.7 cm³/mol. The zero-order valence-corrected chi connectivity index (χ0v) is 12.1. The third-order valence-electron chi connectivity index (χ3n) is 3.04. The molecule has 0 spiro atoms. The van der Waals surface area contributed by atoms with E-state index in [1.807, 2.05) is 0 Å². The summed E-state index contributed by atoms with van der Waals surface area (Å²) in [6.45, 7) is 0.491. The van der Waals surface area contributed by atoms with Gasteiger partial charge in [0.1, 0.15) is 11.6 Å². The molecular formula is C14H12FN3O3S. The fourth-order valence-electron chi connectivity index (χ4n) is 1.94. The summed E-state index contributed by atoms with van der Waals surface area (Å²) < 4.78 is 32.1. The van der Waals surface area contributed by atoms with Crippen LogP contribution in [0.3, 0.4) is 0 Å². The van der Waals surface area contributed by atoms with E-state index in [4.69, 9.17) is 0 Å². The normalized spacial score (nSPS) is 17.0. The summed E-state index contributed by atoms with van der Waals surface area (Å²) in [5.41, 5.74) is 4.37. The average Bonchev–Trinajstić information content (AvgIpc) is 2.93. The van der Waals surface area contributed by atoms with Gasteiger partial charge in [-0.2, -0.15) is 4.28 Å². The van der Waals surface area contributed by atoms with Crippen LogP contribution in [0, 0.1) is 5.82 Å². The van der Waals surface area contributed by atoms with Crippen LogP contribution in [0.1, 0.15) is 11.1 Å². The van der Waals surface area contributed by atoms with Crippen molar-refractivity contribution in [1.29, 1.82) is 0 Å². The van der Waals surface area contributed by atoms with Gasteiger partial charge < -0.3 is 10.4 Å². The molecule has 2 aromatic carbocycles. The van der Waals surface area contributed by atoms with Crippen LogP contribution in [0.2, 0.25) is 0 Å². The number of halogens is 1. The molecule has 0 radical (unpaired) electrons. The van der Waals surface area contributed by atoms with Crippen molar-refractivity contribution in [2.24, 2.45) is 4.40 Å². The van der Waals surface area contributed by atoms with E-state index in [2.05, 4.69) is 19.5 Å². The predicted octanol–water partition coefficient (Wildman–Crippen LogP) is 2.00. The Kier molecular flexibility index (Phi) is 4.03. The van der Waals surface area contributed by atoms with Crippen molar-refractivity contribution in [3.63, 3.8) is 0 Å². The zero-order chi connectivity index (χ0) is 15.5. The van der Waals surface area contributed by atoms with Crippen LogP contribution in [0.15, 0.2) is 46.9 Å². The number of rotatable bonds is 4. The van der Waals surface area contributed by atoms with E-state index >= 15 is 0 Å². The lowest BCUT2D eigenvalue weighted by Crippen LogP contribution is -2.17. The third kappa shape index (κ3) is 3.23. The summed E-state index contributed by atoms with van der Waals surface area (Å²) in [5, 5.41) is 13.1. The first kappa shape index (κ1) is 14.5. The van der Waals surface area contributed by atoms with Gasteiger partial charge >= 0.3 is 11.3 Å². The van der Waals surface area contributed by atoms with E-state index in [0.717, 1.165) is 5.56 Å². The van der Waals surface area contributed by atoms with E-state index in [9.17, 15) is 13.7 Å². The minimum Gasteiger partial charge on any atom is -0.507 e. The first-order chi connectivity index (χ1) is 10.6. The highest BCUT2D eigenvalue weighted by molar-refractivity contribution is 7.79. The highest BCUT2D eigenvalue weighted by atomic mass is 32.2. The van der Waals surface area contributed by atoms with E-state index in [-0.39, 0.29) is 17.4 Å². The maximum absolute atomic E-state index is 12.8. The topological polar surface area (TPSA) is 83.0 Å². The first-order valence-corrected chi connectivity index (χ1v) is 7.40. The van der Waals surface area contributed by atoms with Gasteiger partial charge in [0.25, 0.3) is 0 Å². The maximum Gasteiger partial charge on any atom is 0.309 e. The van der Waals surface area contributed by atoms with Crippen molar-refractivity contribution < 1.29 is 18.0 Å². The number of nitrogens with zero attached hydrogens (tertiary/aromatic N) is 1. The highest BCUT2D eigenvalue weighted by Gasteiger charge is 2.18. The minimum absolute atomic E-state index is 0.0298. The van der Waals surface area contributed by atoms with Crippen LogP contribution in [0.5, 0.6) is 5.75 Å². The molecule has 0 bridgehead atoms. The molecule has 0 amide bonds. The maximum atomic E-state index is 12.8. The number of nitrogens with one attached hydrogen (secondary N) is 2. The van der Waals surface area contributed by atoms with Gasteiger partial charge in [0.05, 0.1) is 5.56 Å². The first-order valence-electron chi connectivity index (χ1n) is 6.37. The Morgan fingerprint density at radius 2 is 2.05 bits per heavy atom.